The molecule has 0 spiro atoms. The van der Waals surface area contributed by atoms with Gasteiger partial charge in [0.15, 0.2) is 5.16 Å². The van der Waals surface area contributed by atoms with Gasteiger partial charge in [-0.15, -0.1) is 0 Å². The smallest absolute Gasteiger partial charge is 0.166 e. The van der Waals surface area contributed by atoms with Gasteiger partial charge in [-0.1, -0.05) is 44.7 Å². The zero-order valence-corrected chi connectivity index (χ0v) is 11.3. The van der Waals surface area contributed by atoms with Crippen molar-refractivity contribution in [3.8, 4) is 0 Å². The number of para-hydroxylation sites is 2. The number of thioether (sulfide) groups is 1. The molecule has 1 unspecified atom stereocenters. The molecular weight excluding hydrogens is 230 g/mol. The highest BCUT2D eigenvalue weighted by Crippen LogP contribution is 2.25. The van der Waals surface area contributed by atoms with Gasteiger partial charge in [0, 0.05) is 11.8 Å². The van der Waals surface area contributed by atoms with E-state index in [0.717, 1.165) is 21.9 Å². The van der Waals surface area contributed by atoms with Crippen LogP contribution >= 0.6 is 11.8 Å². The minimum absolute atomic E-state index is 0.138. The number of hydrogen-bond acceptors (Lipinski definition) is 3. The second-order valence-electron chi connectivity index (χ2n) is 5.34. The van der Waals surface area contributed by atoms with Gasteiger partial charge in [-0.2, -0.15) is 0 Å². The second kappa shape index (κ2) is 4.70. The maximum Gasteiger partial charge on any atom is 0.166 e. The Balaban J connectivity index is 2.04. The number of nitrogens with one attached hydrogen (secondary N) is 1. The van der Waals surface area contributed by atoms with Crippen LogP contribution in [-0.4, -0.2) is 21.8 Å². The minimum Gasteiger partial charge on any atom is -0.333 e. The lowest BCUT2D eigenvalue weighted by Crippen LogP contribution is -2.37. The number of aromatic nitrogens is 2. The lowest BCUT2D eigenvalue weighted by atomic mass is 9.89. The molecule has 1 heterocycles. The van der Waals surface area contributed by atoms with Crippen LogP contribution in [0.4, 0.5) is 0 Å². The monoisotopic (exact) mass is 249 g/mol. The molecule has 0 bridgehead atoms. The molecule has 1 atom stereocenters. The van der Waals surface area contributed by atoms with Crippen molar-refractivity contribution in [1.29, 1.82) is 0 Å². The van der Waals surface area contributed by atoms with E-state index in [9.17, 15) is 0 Å². The van der Waals surface area contributed by atoms with Crippen molar-refractivity contribution < 1.29 is 0 Å². The molecule has 3 N–H and O–H groups in total. The van der Waals surface area contributed by atoms with E-state index in [1.54, 1.807) is 11.8 Å². The van der Waals surface area contributed by atoms with Gasteiger partial charge in [0.1, 0.15) is 0 Å². The van der Waals surface area contributed by atoms with Crippen molar-refractivity contribution in [2.75, 3.05) is 5.75 Å². The number of fused-ring (bicyclic) bond motifs is 1. The summed E-state index contributed by atoms with van der Waals surface area (Å²) in [7, 11) is 0. The van der Waals surface area contributed by atoms with Gasteiger partial charge in [0.2, 0.25) is 0 Å². The predicted molar refractivity (Wildman–Crippen MR) is 74.2 cm³/mol. The Morgan fingerprint density at radius 3 is 2.71 bits per heavy atom. The first-order valence-electron chi connectivity index (χ1n) is 5.80. The van der Waals surface area contributed by atoms with E-state index in [1.165, 1.54) is 0 Å². The highest BCUT2D eigenvalue weighted by Gasteiger charge is 2.20. The Bertz CT molecular complexity index is 466. The van der Waals surface area contributed by atoms with Crippen LogP contribution in [0.5, 0.6) is 0 Å². The van der Waals surface area contributed by atoms with Gasteiger partial charge in [-0.3, -0.25) is 0 Å². The lowest BCUT2D eigenvalue weighted by molar-refractivity contribution is 0.344. The lowest BCUT2D eigenvalue weighted by Gasteiger charge is -2.26. The molecule has 1 aromatic carbocycles. The quantitative estimate of drug-likeness (QED) is 0.822. The van der Waals surface area contributed by atoms with Gasteiger partial charge in [-0.25, -0.2) is 4.98 Å². The van der Waals surface area contributed by atoms with Crippen LogP contribution in [0.2, 0.25) is 0 Å². The Morgan fingerprint density at radius 2 is 2.06 bits per heavy atom. The predicted octanol–water partition coefficient (Wildman–Crippen LogP) is 3.03. The molecule has 0 radical (unpaired) electrons. The van der Waals surface area contributed by atoms with E-state index < -0.39 is 0 Å². The van der Waals surface area contributed by atoms with E-state index in [-0.39, 0.29) is 11.5 Å². The molecule has 0 aliphatic heterocycles. The third kappa shape index (κ3) is 3.01. The third-order valence-corrected chi connectivity index (χ3v) is 3.87. The largest absolute Gasteiger partial charge is 0.333 e. The summed E-state index contributed by atoms with van der Waals surface area (Å²) in [5.74, 6) is 0.878. The summed E-state index contributed by atoms with van der Waals surface area (Å²) in [6.07, 6.45) is 0. The fraction of sp³-hybridized carbons (Fsp3) is 0.462. The molecule has 0 aliphatic rings. The van der Waals surface area contributed by atoms with Crippen LogP contribution in [0.25, 0.3) is 11.0 Å². The van der Waals surface area contributed by atoms with Gasteiger partial charge in [0.05, 0.1) is 11.0 Å². The summed E-state index contributed by atoms with van der Waals surface area (Å²) >= 11 is 1.69. The maximum atomic E-state index is 6.13. The number of imidazole rings is 1. The highest BCUT2D eigenvalue weighted by atomic mass is 32.2. The van der Waals surface area contributed by atoms with Crippen molar-refractivity contribution in [2.45, 2.75) is 32.0 Å². The average molecular weight is 249 g/mol. The molecule has 3 nitrogen and oxygen atoms in total. The summed E-state index contributed by atoms with van der Waals surface area (Å²) in [5.41, 5.74) is 8.36. The van der Waals surface area contributed by atoms with E-state index in [4.69, 9.17) is 5.73 Å². The van der Waals surface area contributed by atoms with E-state index in [2.05, 4.69) is 30.7 Å². The van der Waals surface area contributed by atoms with Crippen LogP contribution < -0.4 is 5.73 Å². The standard InChI is InChI=1S/C13H19N3S/c1-13(2,3)11(14)8-17-12-15-9-6-4-5-7-10(9)16-12/h4-7,11H,8,14H2,1-3H3,(H,15,16). The van der Waals surface area contributed by atoms with Crippen molar-refractivity contribution in [3.05, 3.63) is 24.3 Å². The first-order valence-corrected chi connectivity index (χ1v) is 6.78. The average Bonchev–Trinajstić information content (AvgIpc) is 2.66. The molecule has 92 valence electrons. The van der Waals surface area contributed by atoms with Crippen LogP contribution in [0.1, 0.15) is 20.8 Å². The van der Waals surface area contributed by atoms with E-state index >= 15 is 0 Å². The fourth-order valence-electron chi connectivity index (χ4n) is 1.42. The number of H-pyrrole nitrogens is 1. The van der Waals surface area contributed by atoms with Crippen LogP contribution in [0.3, 0.4) is 0 Å². The number of benzene rings is 1. The number of rotatable bonds is 3. The zero-order chi connectivity index (χ0) is 12.5. The van der Waals surface area contributed by atoms with Crippen LogP contribution in [-0.2, 0) is 0 Å². The van der Waals surface area contributed by atoms with E-state index in [0.29, 0.717) is 0 Å². The molecule has 17 heavy (non-hydrogen) atoms. The molecule has 0 saturated carbocycles. The van der Waals surface area contributed by atoms with Crippen molar-refractivity contribution in [1.82, 2.24) is 9.97 Å². The van der Waals surface area contributed by atoms with Gasteiger partial charge in [0.25, 0.3) is 0 Å². The van der Waals surface area contributed by atoms with Crippen molar-refractivity contribution >= 4 is 22.8 Å². The second-order valence-corrected chi connectivity index (χ2v) is 6.35. The normalized spacial score (nSPS) is 14.1. The molecule has 0 aliphatic carbocycles. The zero-order valence-electron chi connectivity index (χ0n) is 10.5. The number of aromatic amines is 1. The molecule has 0 saturated heterocycles. The Hall–Kier alpha value is -1.00. The molecule has 2 aromatic rings. The molecule has 0 amide bonds. The van der Waals surface area contributed by atoms with Gasteiger partial charge < -0.3 is 10.7 Å². The SMILES string of the molecule is CC(C)(C)C(N)CSc1nc2ccccc2[nH]1. The summed E-state index contributed by atoms with van der Waals surface area (Å²) in [5, 5.41) is 0.950. The number of hydrogen-bond donors (Lipinski definition) is 2. The third-order valence-electron chi connectivity index (χ3n) is 2.88. The van der Waals surface area contributed by atoms with Crippen molar-refractivity contribution in [3.63, 3.8) is 0 Å². The first kappa shape index (κ1) is 12.5. The Morgan fingerprint density at radius 1 is 1.35 bits per heavy atom. The number of nitrogens with zero attached hydrogens (tertiary/aromatic N) is 1. The molecule has 0 fully saturated rings. The highest BCUT2D eigenvalue weighted by molar-refractivity contribution is 7.99. The Kier molecular flexibility index (Phi) is 3.45. The minimum atomic E-state index is 0.138. The van der Waals surface area contributed by atoms with Crippen LogP contribution in [0.15, 0.2) is 29.4 Å². The summed E-state index contributed by atoms with van der Waals surface area (Å²) in [6.45, 7) is 6.49. The molecule has 1 aromatic heterocycles. The summed E-state index contributed by atoms with van der Waals surface area (Å²) in [6, 6.07) is 8.23. The van der Waals surface area contributed by atoms with Gasteiger partial charge >= 0.3 is 0 Å². The Labute approximate surface area is 106 Å². The summed E-state index contributed by atoms with van der Waals surface area (Å²) in [4.78, 5) is 7.82. The molecule has 2 rings (SSSR count). The summed E-state index contributed by atoms with van der Waals surface area (Å²) < 4.78 is 0. The van der Waals surface area contributed by atoms with Crippen molar-refractivity contribution in [2.24, 2.45) is 11.1 Å². The first-order chi connectivity index (χ1) is 7.97. The molecule has 4 heteroatoms. The fourth-order valence-corrected chi connectivity index (χ4v) is 2.60. The maximum absolute atomic E-state index is 6.13. The van der Waals surface area contributed by atoms with E-state index in [1.807, 2.05) is 24.3 Å². The van der Waals surface area contributed by atoms with Crippen LogP contribution in [0, 0.1) is 5.41 Å². The molecular formula is C13H19N3S. The van der Waals surface area contributed by atoms with Gasteiger partial charge in [-0.05, 0) is 17.5 Å². The number of nitrogens with two attached hydrogens (primary N) is 1. The topological polar surface area (TPSA) is 54.7 Å².